The quantitative estimate of drug-likeness (QED) is 0.860. The van der Waals surface area contributed by atoms with E-state index in [4.69, 9.17) is 5.73 Å². The Morgan fingerprint density at radius 1 is 1.05 bits per heavy atom. The fourth-order valence-electron chi connectivity index (χ4n) is 2.76. The number of nitrogens with two attached hydrogens (primary N) is 1. The Bertz CT molecular complexity index is 408. The molecule has 1 saturated heterocycles. The molecular formula is C15H24N4. The van der Waals surface area contributed by atoms with E-state index in [1.807, 2.05) is 6.07 Å². The Hall–Kier alpha value is -0.970. The number of aromatic nitrogens is 1. The average Bonchev–Trinajstić information content (AvgIpc) is 3.25. The summed E-state index contributed by atoms with van der Waals surface area (Å²) < 4.78 is 0. The van der Waals surface area contributed by atoms with E-state index in [1.165, 1.54) is 45.6 Å². The zero-order chi connectivity index (χ0) is 13.1. The summed E-state index contributed by atoms with van der Waals surface area (Å²) >= 11 is 0. The summed E-state index contributed by atoms with van der Waals surface area (Å²) in [7, 11) is 0. The largest absolute Gasteiger partial charge is 0.325 e. The predicted molar refractivity (Wildman–Crippen MR) is 76.6 cm³/mol. The van der Waals surface area contributed by atoms with Crippen molar-refractivity contribution in [2.24, 2.45) is 11.7 Å². The maximum Gasteiger partial charge on any atom is 0.0547 e. The van der Waals surface area contributed by atoms with Crippen LogP contribution in [0.4, 0.5) is 0 Å². The second kappa shape index (κ2) is 5.99. The molecule has 0 unspecified atom stereocenters. The fraction of sp³-hybridized carbons (Fsp3) is 0.667. The molecular weight excluding hydrogens is 236 g/mol. The Balaban J connectivity index is 1.48. The molecule has 1 aliphatic carbocycles. The third-order valence-corrected chi connectivity index (χ3v) is 4.14. The summed E-state index contributed by atoms with van der Waals surface area (Å²) in [4.78, 5) is 9.71. The van der Waals surface area contributed by atoms with Crippen LogP contribution in [0, 0.1) is 5.92 Å². The van der Waals surface area contributed by atoms with E-state index in [-0.39, 0.29) is 0 Å². The van der Waals surface area contributed by atoms with Gasteiger partial charge in [0.25, 0.3) is 0 Å². The molecule has 4 nitrogen and oxygen atoms in total. The zero-order valence-corrected chi connectivity index (χ0v) is 11.6. The van der Waals surface area contributed by atoms with Crippen LogP contribution in [0.5, 0.6) is 0 Å². The lowest BCUT2D eigenvalue weighted by molar-refractivity contribution is 0.122. The van der Waals surface area contributed by atoms with Gasteiger partial charge >= 0.3 is 0 Å². The highest BCUT2D eigenvalue weighted by Gasteiger charge is 2.26. The summed E-state index contributed by atoms with van der Waals surface area (Å²) in [5, 5.41) is 0. The minimum Gasteiger partial charge on any atom is -0.325 e. The Labute approximate surface area is 115 Å². The maximum atomic E-state index is 5.64. The van der Waals surface area contributed by atoms with Gasteiger partial charge < -0.3 is 10.6 Å². The smallest absolute Gasteiger partial charge is 0.0547 e. The molecule has 0 aromatic carbocycles. The van der Waals surface area contributed by atoms with Crippen LogP contribution in [0.25, 0.3) is 0 Å². The van der Waals surface area contributed by atoms with Crippen LogP contribution in [0.15, 0.2) is 18.2 Å². The molecule has 2 fully saturated rings. The van der Waals surface area contributed by atoms with Gasteiger partial charge in [-0.15, -0.1) is 0 Å². The Morgan fingerprint density at radius 3 is 2.42 bits per heavy atom. The SMILES string of the molecule is NCc1cccc(CN2CCN(CC3CC3)CC2)n1. The summed E-state index contributed by atoms with van der Waals surface area (Å²) in [5.74, 6) is 1.01. The maximum absolute atomic E-state index is 5.64. The van der Waals surface area contributed by atoms with E-state index in [0.717, 1.165) is 23.9 Å². The van der Waals surface area contributed by atoms with Crippen molar-refractivity contribution in [1.82, 2.24) is 14.8 Å². The predicted octanol–water partition coefficient (Wildman–Crippen LogP) is 1.07. The van der Waals surface area contributed by atoms with Crippen LogP contribution in [-0.4, -0.2) is 47.5 Å². The van der Waals surface area contributed by atoms with Gasteiger partial charge in [-0.2, -0.15) is 0 Å². The van der Waals surface area contributed by atoms with Crippen molar-refractivity contribution in [2.75, 3.05) is 32.7 Å². The number of rotatable bonds is 5. The van der Waals surface area contributed by atoms with E-state index < -0.39 is 0 Å². The molecule has 1 aliphatic heterocycles. The van der Waals surface area contributed by atoms with E-state index in [1.54, 1.807) is 0 Å². The molecule has 1 saturated carbocycles. The molecule has 4 heteroatoms. The van der Waals surface area contributed by atoms with Crippen molar-refractivity contribution in [2.45, 2.75) is 25.9 Å². The Morgan fingerprint density at radius 2 is 1.74 bits per heavy atom. The van der Waals surface area contributed by atoms with Gasteiger partial charge in [-0.25, -0.2) is 0 Å². The number of pyridine rings is 1. The molecule has 0 amide bonds. The number of piperazine rings is 1. The molecule has 0 bridgehead atoms. The zero-order valence-electron chi connectivity index (χ0n) is 11.6. The second-order valence-corrected chi connectivity index (χ2v) is 5.84. The van der Waals surface area contributed by atoms with Crippen molar-refractivity contribution in [3.05, 3.63) is 29.6 Å². The molecule has 19 heavy (non-hydrogen) atoms. The van der Waals surface area contributed by atoms with Gasteiger partial charge in [-0.1, -0.05) is 6.07 Å². The monoisotopic (exact) mass is 260 g/mol. The Kier molecular flexibility index (Phi) is 4.11. The highest BCUT2D eigenvalue weighted by Crippen LogP contribution is 2.29. The van der Waals surface area contributed by atoms with Gasteiger partial charge in [-0.05, 0) is 30.9 Å². The number of nitrogens with zero attached hydrogens (tertiary/aromatic N) is 3. The first-order valence-electron chi connectivity index (χ1n) is 7.43. The number of hydrogen-bond donors (Lipinski definition) is 1. The van der Waals surface area contributed by atoms with Gasteiger partial charge in [0.1, 0.15) is 0 Å². The molecule has 1 aromatic heterocycles. The third kappa shape index (κ3) is 3.75. The molecule has 2 heterocycles. The molecule has 0 radical (unpaired) electrons. The molecule has 0 atom stereocenters. The van der Waals surface area contributed by atoms with Crippen LogP contribution < -0.4 is 5.73 Å². The second-order valence-electron chi connectivity index (χ2n) is 5.84. The summed E-state index contributed by atoms with van der Waals surface area (Å²) in [6.45, 7) is 7.59. The fourth-order valence-corrected chi connectivity index (χ4v) is 2.76. The van der Waals surface area contributed by atoms with Gasteiger partial charge in [0.2, 0.25) is 0 Å². The first kappa shape index (κ1) is 13.0. The van der Waals surface area contributed by atoms with E-state index in [2.05, 4.69) is 26.9 Å². The highest BCUT2D eigenvalue weighted by molar-refractivity contribution is 5.11. The lowest BCUT2D eigenvalue weighted by Crippen LogP contribution is -2.46. The average molecular weight is 260 g/mol. The van der Waals surface area contributed by atoms with E-state index in [0.29, 0.717) is 6.54 Å². The van der Waals surface area contributed by atoms with Crippen molar-refractivity contribution >= 4 is 0 Å². The first-order chi connectivity index (χ1) is 9.33. The van der Waals surface area contributed by atoms with Crippen molar-refractivity contribution in [3.63, 3.8) is 0 Å². The van der Waals surface area contributed by atoms with E-state index >= 15 is 0 Å². The standard InChI is InChI=1S/C15H24N4/c16-10-14-2-1-3-15(17-14)12-19-8-6-18(7-9-19)11-13-4-5-13/h1-3,13H,4-12,16H2. The van der Waals surface area contributed by atoms with Gasteiger partial charge in [0.05, 0.1) is 11.4 Å². The van der Waals surface area contributed by atoms with Gasteiger partial charge in [0, 0.05) is 45.8 Å². The molecule has 1 aromatic rings. The van der Waals surface area contributed by atoms with Gasteiger partial charge in [-0.3, -0.25) is 9.88 Å². The number of hydrogen-bond acceptors (Lipinski definition) is 4. The molecule has 2 aliphatic rings. The van der Waals surface area contributed by atoms with Crippen molar-refractivity contribution in [3.8, 4) is 0 Å². The topological polar surface area (TPSA) is 45.4 Å². The summed E-state index contributed by atoms with van der Waals surface area (Å²) in [6, 6.07) is 6.17. The van der Waals surface area contributed by atoms with Crippen molar-refractivity contribution in [1.29, 1.82) is 0 Å². The normalized spacial score (nSPS) is 21.7. The summed E-state index contributed by atoms with van der Waals surface area (Å²) in [6.07, 6.45) is 2.91. The van der Waals surface area contributed by atoms with Crippen molar-refractivity contribution < 1.29 is 0 Å². The minimum atomic E-state index is 0.531. The third-order valence-electron chi connectivity index (χ3n) is 4.14. The lowest BCUT2D eigenvalue weighted by Gasteiger charge is -2.34. The van der Waals surface area contributed by atoms with Crippen LogP contribution in [0.3, 0.4) is 0 Å². The van der Waals surface area contributed by atoms with Crippen LogP contribution in [0.2, 0.25) is 0 Å². The van der Waals surface area contributed by atoms with E-state index in [9.17, 15) is 0 Å². The first-order valence-corrected chi connectivity index (χ1v) is 7.43. The molecule has 3 rings (SSSR count). The van der Waals surface area contributed by atoms with Crippen LogP contribution in [-0.2, 0) is 13.1 Å². The van der Waals surface area contributed by atoms with Gasteiger partial charge in [0.15, 0.2) is 0 Å². The van der Waals surface area contributed by atoms with Crippen LogP contribution in [0.1, 0.15) is 24.2 Å². The summed E-state index contributed by atoms with van der Waals surface area (Å²) in [5.41, 5.74) is 7.78. The highest BCUT2D eigenvalue weighted by atomic mass is 15.3. The molecule has 2 N–H and O–H groups in total. The molecule has 104 valence electrons. The lowest BCUT2D eigenvalue weighted by atomic mass is 10.2. The molecule has 0 spiro atoms. The minimum absolute atomic E-state index is 0.531. The van der Waals surface area contributed by atoms with Crippen LogP contribution >= 0.6 is 0 Å².